The maximum Gasteiger partial charge on any atom is 0.573 e. The van der Waals surface area contributed by atoms with Gasteiger partial charge in [-0.15, -0.1) is 24.5 Å². The molecular weight excluding hydrogens is 529 g/mol. The quantitative estimate of drug-likeness (QED) is 0.309. The van der Waals surface area contributed by atoms with Gasteiger partial charge in [-0.2, -0.15) is 0 Å². The van der Waals surface area contributed by atoms with Gasteiger partial charge in [-0.25, -0.2) is 9.78 Å². The van der Waals surface area contributed by atoms with Crippen LogP contribution in [0.15, 0.2) is 29.6 Å². The SMILES string of the molecule is CC(C)(C)N(CCCCCNC(=O)c1csc(CNC(=O)COc2ccc(OC(F)(F)F)cc2)n1)C(=O)O. The van der Waals surface area contributed by atoms with Gasteiger partial charge < -0.3 is 30.1 Å². The summed E-state index contributed by atoms with van der Waals surface area (Å²) >= 11 is 1.20. The molecule has 3 N–H and O–H groups in total. The number of ether oxygens (including phenoxy) is 2. The van der Waals surface area contributed by atoms with E-state index in [-0.39, 0.29) is 30.5 Å². The number of carboxylic acid groups (broad SMARTS) is 1. The normalized spacial score (nSPS) is 11.5. The molecule has 14 heteroatoms. The summed E-state index contributed by atoms with van der Waals surface area (Å²) in [6.45, 7) is 6.07. The second-order valence-electron chi connectivity index (χ2n) is 9.13. The minimum atomic E-state index is -4.79. The van der Waals surface area contributed by atoms with Crippen molar-refractivity contribution in [2.45, 2.75) is 58.5 Å². The molecule has 0 saturated carbocycles. The average Bonchev–Trinajstić information content (AvgIpc) is 3.29. The van der Waals surface area contributed by atoms with Gasteiger partial charge in [0.1, 0.15) is 22.2 Å². The third-order valence-corrected chi connectivity index (χ3v) is 5.88. The Kier molecular flexibility index (Phi) is 11.2. The molecule has 1 aromatic carbocycles. The standard InChI is InChI=1S/C24H31F3N4O6S/c1-23(2,3)31(22(34)35)12-6-4-5-11-28-21(33)18-15-38-20(30-18)13-29-19(32)14-36-16-7-9-17(10-8-16)37-24(25,26)27/h7-10,15H,4-6,11-14H2,1-3H3,(H,28,33)(H,29,32)(H,34,35). The fraction of sp³-hybridized carbons (Fsp3) is 0.500. The molecule has 1 heterocycles. The van der Waals surface area contributed by atoms with Crippen molar-refractivity contribution in [3.63, 3.8) is 0 Å². The van der Waals surface area contributed by atoms with Crippen LogP contribution in [0.4, 0.5) is 18.0 Å². The number of thiazole rings is 1. The maximum atomic E-state index is 12.3. The molecule has 0 spiro atoms. The lowest BCUT2D eigenvalue weighted by Crippen LogP contribution is -2.45. The molecule has 10 nitrogen and oxygen atoms in total. The molecule has 0 aliphatic rings. The molecule has 3 amide bonds. The fourth-order valence-corrected chi connectivity index (χ4v) is 3.90. The third kappa shape index (κ3) is 11.2. The number of halogens is 3. The van der Waals surface area contributed by atoms with E-state index in [0.717, 1.165) is 18.6 Å². The summed E-state index contributed by atoms with van der Waals surface area (Å²) in [6.07, 6.45) is -3.63. The monoisotopic (exact) mass is 560 g/mol. The van der Waals surface area contributed by atoms with Crippen molar-refractivity contribution in [2.24, 2.45) is 0 Å². The van der Waals surface area contributed by atoms with Crippen molar-refractivity contribution in [1.82, 2.24) is 20.5 Å². The van der Waals surface area contributed by atoms with Gasteiger partial charge in [0.2, 0.25) is 0 Å². The topological polar surface area (TPSA) is 130 Å². The van der Waals surface area contributed by atoms with Crippen LogP contribution in [-0.2, 0) is 11.3 Å². The third-order valence-electron chi connectivity index (χ3n) is 5.03. The number of benzene rings is 1. The van der Waals surface area contributed by atoms with Gasteiger partial charge in [-0.3, -0.25) is 9.59 Å². The van der Waals surface area contributed by atoms with E-state index in [1.54, 1.807) is 5.38 Å². The predicted octanol–water partition coefficient (Wildman–Crippen LogP) is 4.42. The summed E-state index contributed by atoms with van der Waals surface area (Å²) in [6, 6.07) is 4.64. The van der Waals surface area contributed by atoms with Crippen LogP contribution in [0.25, 0.3) is 0 Å². The summed E-state index contributed by atoms with van der Waals surface area (Å²) in [4.78, 5) is 41.2. The molecule has 0 atom stereocenters. The number of hydrogen-bond acceptors (Lipinski definition) is 7. The van der Waals surface area contributed by atoms with Gasteiger partial charge in [-0.1, -0.05) is 0 Å². The largest absolute Gasteiger partial charge is 0.573 e. The first-order valence-corrected chi connectivity index (χ1v) is 12.6. The van der Waals surface area contributed by atoms with Gasteiger partial charge in [0.05, 0.1) is 6.54 Å². The highest BCUT2D eigenvalue weighted by molar-refractivity contribution is 7.09. The van der Waals surface area contributed by atoms with Gasteiger partial charge >= 0.3 is 12.5 Å². The summed E-state index contributed by atoms with van der Waals surface area (Å²) in [7, 11) is 0. The van der Waals surface area contributed by atoms with Crippen molar-refractivity contribution in [1.29, 1.82) is 0 Å². The number of alkyl halides is 3. The summed E-state index contributed by atoms with van der Waals surface area (Å²) in [5.41, 5.74) is -0.249. The van der Waals surface area contributed by atoms with Crippen molar-refractivity contribution in [3.8, 4) is 11.5 Å². The number of nitrogens with one attached hydrogen (secondary N) is 2. The highest BCUT2D eigenvalue weighted by atomic mass is 32.1. The molecule has 0 fully saturated rings. The Bertz CT molecular complexity index is 1070. The van der Waals surface area contributed by atoms with Crippen molar-refractivity contribution < 1.29 is 42.1 Å². The summed E-state index contributed by atoms with van der Waals surface area (Å²) in [5, 5.41) is 16.7. The number of aromatic nitrogens is 1. The lowest BCUT2D eigenvalue weighted by Gasteiger charge is -2.33. The zero-order chi connectivity index (χ0) is 28.3. The van der Waals surface area contributed by atoms with E-state index in [1.165, 1.54) is 28.4 Å². The van der Waals surface area contributed by atoms with E-state index in [2.05, 4.69) is 20.4 Å². The van der Waals surface area contributed by atoms with Crippen LogP contribution in [0, 0.1) is 0 Å². The van der Waals surface area contributed by atoms with Crippen LogP contribution in [0.1, 0.15) is 55.5 Å². The van der Waals surface area contributed by atoms with Gasteiger partial charge in [0, 0.05) is 24.0 Å². The molecule has 0 aliphatic heterocycles. The number of amides is 3. The number of rotatable bonds is 13. The minimum Gasteiger partial charge on any atom is -0.484 e. The van der Waals surface area contributed by atoms with Crippen molar-refractivity contribution in [3.05, 3.63) is 40.3 Å². The number of nitrogens with zero attached hydrogens (tertiary/aromatic N) is 2. The lowest BCUT2D eigenvalue weighted by atomic mass is 10.1. The summed E-state index contributed by atoms with van der Waals surface area (Å²) in [5.74, 6) is -1.03. The van der Waals surface area contributed by atoms with E-state index in [1.807, 2.05) is 20.8 Å². The number of carbonyl (C=O) groups is 3. The Balaban J connectivity index is 1.65. The molecule has 0 unspecified atom stereocenters. The molecule has 1 aromatic heterocycles. The molecule has 38 heavy (non-hydrogen) atoms. The Morgan fingerprint density at radius 1 is 1.03 bits per heavy atom. The average molecular weight is 561 g/mol. The first-order valence-electron chi connectivity index (χ1n) is 11.7. The Labute approximate surface area is 222 Å². The second-order valence-corrected chi connectivity index (χ2v) is 10.1. The predicted molar refractivity (Wildman–Crippen MR) is 133 cm³/mol. The first-order chi connectivity index (χ1) is 17.7. The van der Waals surface area contributed by atoms with Crippen LogP contribution in [0.3, 0.4) is 0 Å². The molecule has 2 rings (SSSR count). The number of hydrogen-bond donors (Lipinski definition) is 3. The van der Waals surface area contributed by atoms with Gasteiger partial charge in [0.25, 0.3) is 11.8 Å². The van der Waals surface area contributed by atoms with E-state index >= 15 is 0 Å². The molecule has 0 bridgehead atoms. The molecule has 0 saturated heterocycles. The van der Waals surface area contributed by atoms with E-state index in [9.17, 15) is 32.7 Å². The molecule has 0 aliphatic carbocycles. The van der Waals surface area contributed by atoms with Crippen molar-refractivity contribution in [2.75, 3.05) is 19.7 Å². The van der Waals surface area contributed by atoms with E-state index < -0.39 is 29.7 Å². The molecular formula is C24H31F3N4O6S. The minimum absolute atomic E-state index is 0.0757. The van der Waals surface area contributed by atoms with Crippen LogP contribution in [0.5, 0.6) is 11.5 Å². The number of carbonyl (C=O) groups excluding carboxylic acids is 2. The molecule has 0 radical (unpaired) electrons. The number of unbranched alkanes of at least 4 members (excludes halogenated alkanes) is 2. The van der Waals surface area contributed by atoms with E-state index in [4.69, 9.17) is 4.74 Å². The van der Waals surface area contributed by atoms with Crippen LogP contribution >= 0.6 is 11.3 Å². The van der Waals surface area contributed by atoms with Gasteiger partial charge in [-0.05, 0) is 64.3 Å². The van der Waals surface area contributed by atoms with Crippen molar-refractivity contribution >= 4 is 29.2 Å². The molecule has 210 valence electrons. The maximum absolute atomic E-state index is 12.3. The fourth-order valence-electron chi connectivity index (χ4n) is 3.19. The summed E-state index contributed by atoms with van der Waals surface area (Å²) < 4.78 is 45.6. The van der Waals surface area contributed by atoms with Crippen LogP contribution < -0.4 is 20.1 Å². The zero-order valence-corrected chi connectivity index (χ0v) is 22.1. The highest BCUT2D eigenvalue weighted by Crippen LogP contribution is 2.24. The second kappa shape index (κ2) is 13.8. The Morgan fingerprint density at radius 3 is 2.29 bits per heavy atom. The highest BCUT2D eigenvalue weighted by Gasteiger charge is 2.31. The lowest BCUT2D eigenvalue weighted by molar-refractivity contribution is -0.274. The molecule has 2 aromatic rings. The zero-order valence-electron chi connectivity index (χ0n) is 21.3. The van der Waals surface area contributed by atoms with Crippen LogP contribution in [-0.4, -0.2) is 64.5 Å². The van der Waals surface area contributed by atoms with E-state index in [0.29, 0.717) is 30.9 Å². The Morgan fingerprint density at radius 2 is 1.68 bits per heavy atom. The first kappa shape index (κ1) is 30.7. The van der Waals surface area contributed by atoms with Crippen LogP contribution in [0.2, 0.25) is 0 Å². The Hall–Kier alpha value is -3.55. The van der Waals surface area contributed by atoms with Gasteiger partial charge in [0.15, 0.2) is 6.61 Å². The smallest absolute Gasteiger partial charge is 0.484 e.